The number of hydrogen-bond acceptors (Lipinski definition) is 1. The molecule has 1 aliphatic carbocycles. The summed E-state index contributed by atoms with van der Waals surface area (Å²) in [6.45, 7) is 10.0. The number of hydrogen-bond donors (Lipinski definition) is 1. The smallest absolute Gasteiger partial charge is 0.126 e. The van der Waals surface area contributed by atoms with Gasteiger partial charge < -0.3 is 5.32 Å². The first kappa shape index (κ1) is 15.5. The Labute approximate surface area is 123 Å². The molecular formula is C18H28FN. The van der Waals surface area contributed by atoms with E-state index in [2.05, 4.69) is 33.0 Å². The van der Waals surface area contributed by atoms with E-state index in [-0.39, 0.29) is 11.2 Å². The predicted octanol–water partition coefficient (Wildman–Crippen LogP) is 4.73. The molecule has 1 aromatic rings. The van der Waals surface area contributed by atoms with Crippen LogP contribution >= 0.6 is 0 Å². The molecule has 0 amide bonds. The van der Waals surface area contributed by atoms with Gasteiger partial charge in [-0.3, -0.25) is 0 Å². The topological polar surface area (TPSA) is 12.0 Å². The van der Waals surface area contributed by atoms with Crippen molar-refractivity contribution in [2.75, 3.05) is 6.54 Å². The van der Waals surface area contributed by atoms with Crippen LogP contribution in [0.4, 0.5) is 4.39 Å². The molecule has 1 fully saturated rings. The highest BCUT2D eigenvalue weighted by Gasteiger charge is 2.58. The molecule has 1 aliphatic rings. The van der Waals surface area contributed by atoms with E-state index < -0.39 is 0 Å². The SMILES string of the molecule is CCCNC1C(C)C(c2ccccc2F)C1(CC)CC. The van der Waals surface area contributed by atoms with Gasteiger partial charge in [0.1, 0.15) is 5.82 Å². The lowest BCUT2D eigenvalue weighted by Crippen LogP contribution is -2.64. The summed E-state index contributed by atoms with van der Waals surface area (Å²) in [6, 6.07) is 7.85. The van der Waals surface area contributed by atoms with Crippen molar-refractivity contribution in [2.45, 2.75) is 58.9 Å². The maximum absolute atomic E-state index is 14.2. The first-order chi connectivity index (χ1) is 9.62. The minimum Gasteiger partial charge on any atom is -0.313 e. The van der Waals surface area contributed by atoms with E-state index in [9.17, 15) is 4.39 Å². The molecule has 1 nitrogen and oxygen atoms in total. The van der Waals surface area contributed by atoms with Crippen LogP contribution in [0, 0.1) is 17.2 Å². The maximum Gasteiger partial charge on any atom is 0.126 e. The van der Waals surface area contributed by atoms with Gasteiger partial charge in [-0.05, 0) is 54.7 Å². The third kappa shape index (κ3) is 2.28. The summed E-state index contributed by atoms with van der Waals surface area (Å²) < 4.78 is 14.2. The molecule has 3 atom stereocenters. The highest BCUT2D eigenvalue weighted by Crippen LogP contribution is 2.60. The Hall–Kier alpha value is -0.890. The Morgan fingerprint density at radius 2 is 1.80 bits per heavy atom. The van der Waals surface area contributed by atoms with E-state index >= 15 is 0 Å². The average molecular weight is 277 g/mol. The van der Waals surface area contributed by atoms with Crippen LogP contribution < -0.4 is 5.32 Å². The van der Waals surface area contributed by atoms with E-state index in [1.165, 1.54) is 0 Å². The fourth-order valence-corrected chi connectivity index (χ4v) is 4.45. The van der Waals surface area contributed by atoms with Crippen molar-refractivity contribution in [1.29, 1.82) is 0 Å². The Morgan fingerprint density at radius 3 is 2.35 bits per heavy atom. The summed E-state index contributed by atoms with van der Waals surface area (Å²) in [5, 5.41) is 3.71. The molecule has 0 saturated heterocycles. The summed E-state index contributed by atoms with van der Waals surface area (Å²) in [7, 11) is 0. The lowest BCUT2D eigenvalue weighted by Gasteiger charge is -2.61. The van der Waals surface area contributed by atoms with E-state index in [0.29, 0.717) is 17.9 Å². The first-order valence-electron chi connectivity index (χ1n) is 8.10. The van der Waals surface area contributed by atoms with Gasteiger partial charge in [0.05, 0.1) is 0 Å². The highest BCUT2D eigenvalue weighted by molar-refractivity contribution is 5.31. The standard InChI is InChI=1S/C18H28FN/c1-5-12-20-17-13(4)16(18(17,6-2)7-3)14-10-8-9-11-15(14)19/h8-11,13,16-17,20H,5-7,12H2,1-4H3. The zero-order valence-corrected chi connectivity index (χ0v) is 13.2. The molecule has 2 heteroatoms. The van der Waals surface area contributed by atoms with Gasteiger partial charge in [-0.15, -0.1) is 0 Å². The molecule has 1 N–H and O–H groups in total. The van der Waals surface area contributed by atoms with E-state index in [1.54, 1.807) is 12.1 Å². The third-order valence-electron chi connectivity index (χ3n) is 5.46. The van der Waals surface area contributed by atoms with Crippen molar-refractivity contribution < 1.29 is 4.39 Å². The zero-order chi connectivity index (χ0) is 14.8. The second-order valence-electron chi connectivity index (χ2n) is 6.23. The zero-order valence-electron chi connectivity index (χ0n) is 13.2. The fourth-order valence-electron chi connectivity index (χ4n) is 4.45. The lowest BCUT2D eigenvalue weighted by atomic mass is 9.46. The van der Waals surface area contributed by atoms with Crippen molar-refractivity contribution in [3.63, 3.8) is 0 Å². The molecule has 2 rings (SSSR count). The van der Waals surface area contributed by atoms with Crippen LogP contribution in [-0.4, -0.2) is 12.6 Å². The van der Waals surface area contributed by atoms with Gasteiger partial charge in [-0.2, -0.15) is 0 Å². The minimum absolute atomic E-state index is 0.0374. The van der Waals surface area contributed by atoms with E-state index in [0.717, 1.165) is 31.4 Å². The largest absolute Gasteiger partial charge is 0.313 e. The second kappa shape index (κ2) is 6.26. The molecule has 20 heavy (non-hydrogen) atoms. The summed E-state index contributed by atoms with van der Waals surface area (Å²) in [6.07, 6.45) is 3.36. The summed E-state index contributed by atoms with van der Waals surface area (Å²) in [4.78, 5) is 0. The lowest BCUT2D eigenvalue weighted by molar-refractivity contribution is -0.0408. The van der Waals surface area contributed by atoms with Crippen LogP contribution in [0.2, 0.25) is 0 Å². The molecule has 0 spiro atoms. The van der Waals surface area contributed by atoms with Gasteiger partial charge in [0.2, 0.25) is 0 Å². The van der Waals surface area contributed by atoms with E-state index in [4.69, 9.17) is 0 Å². The van der Waals surface area contributed by atoms with Crippen LogP contribution in [0.15, 0.2) is 24.3 Å². The number of nitrogens with one attached hydrogen (secondary N) is 1. The predicted molar refractivity (Wildman–Crippen MR) is 83.4 cm³/mol. The molecule has 0 aliphatic heterocycles. The Balaban J connectivity index is 2.31. The average Bonchev–Trinajstić information content (AvgIpc) is 2.46. The molecular weight excluding hydrogens is 249 g/mol. The summed E-state index contributed by atoms with van der Waals surface area (Å²) >= 11 is 0. The fraction of sp³-hybridized carbons (Fsp3) is 0.667. The van der Waals surface area contributed by atoms with Gasteiger partial charge >= 0.3 is 0 Å². The molecule has 1 saturated carbocycles. The monoisotopic (exact) mass is 277 g/mol. The molecule has 112 valence electrons. The second-order valence-corrected chi connectivity index (χ2v) is 6.23. The number of halogens is 1. The van der Waals surface area contributed by atoms with Gasteiger partial charge in [-0.25, -0.2) is 4.39 Å². The minimum atomic E-state index is -0.0374. The van der Waals surface area contributed by atoms with Crippen LogP contribution in [0.1, 0.15) is 58.4 Å². The third-order valence-corrected chi connectivity index (χ3v) is 5.46. The van der Waals surface area contributed by atoms with Crippen molar-refractivity contribution in [1.82, 2.24) is 5.32 Å². The van der Waals surface area contributed by atoms with Gasteiger partial charge in [0.25, 0.3) is 0 Å². The number of rotatable bonds is 6. The molecule has 0 aromatic heterocycles. The Bertz CT molecular complexity index is 439. The maximum atomic E-state index is 14.2. The van der Waals surface area contributed by atoms with Crippen LogP contribution in [-0.2, 0) is 0 Å². The molecule has 3 unspecified atom stereocenters. The van der Waals surface area contributed by atoms with Gasteiger partial charge in [0, 0.05) is 6.04 Å². The summed E-state index contributed by atoms with van der Waals surface area (Å²) in [5.74, 6) is 0.802. The Morgan fingerprint density at radius 1 is 1.15 bits per heavy atom. The highest BCUT2D eigenvalue weighted by atomic mass is 19.1. The first-order valence-corrected chi connectivity index (χ1v) is 8.10. The molecule has 0 bridgehead atoms. The van der Waals surface area contributed by atoms with Crippen molar-refractivity contribution in [3.05, 3.63) is 35.6 Å². The van der Waals surface area contributed by atoms with Crippen molar-refractivity contribution >= 4 is 0 Å². The van der Waals surface area contributed by atoms with Crippen molar-refractivity contribution in [3.8, 4) is 0 Å². The van der Waals surface area contributed by atoms with Gasteiger partial charge in [-0.1, -0.05) is 45.9 Å². The van der Waals surface area contributed by atoms with Gasteiger partial charge in [0.15, 0.2) is 0 Å². The molecule has 1 aromatic carbocycles. The van der Waals surface area contributed by atoms with Crippen molar-refractivity contribution in [2.24, 2.45) is 11.3 Å². The quantitative estimate of drug-likeness (QED) is 0.792. The van der Waals surface area contributed by atoms with Crippen LogP contribution in [0.25, 0.3) is 0 Å². The number of benzene rings is 1. The van der Waals surface area contributed by atoms with Crippen LogP contribution in [0.5, 0.6) is 0 Å². The summed E-state index contributed by atoms with van der Waals surface area (Å²) in [5.41, 5.74) is 1.12. The van der Waals surface area contributed by atoms with E-state index in [1.807, 2.05) is 12.1 Å². The molecule has 0 radical (unpaired) electrons. The normalized spacial score (nSPS) is 28.1. The molecule has 0 heterocycles. The Kier molecular flexibility index (Phi) is 4.85. The van der Waals surface area contributed by atoms with Crippen LogP contribution in [0.3, 0.4) is 0 Å².